The predicted molar refractivity (Wildman–Crippen MR) is 71.5 cm³/mol. The molecule has 0 saturated carbocycles. The van der Waals surface area contributed by atoms with E-state index in [1.807, 2.05) is 23.9 Å². The van der Waals surface area contributed by atoms with Gasteiger partial charge in [0.2, 0.25) is 0 Å². The number of carbonyl (C=O) groups is 1. The summed E-state index contributed by atoms with van der Waals surface area (Å²) in [7, 11) is 1.79. The number of amides is 1. The smallest absolute Gasteiger partial charge is 0.269 e. The summed E-state index contributed by atoms with van der Waals surface area (Å²) in [5.41, 5.74) is 0.475. The van der Waals surface area contributed by atoms with E-state index >= 15 is 0 Å². The molecule has 1 fully saturated rings. The lowest BCUT2D eigenvalue weighted by Gasteiger charge is -2.10. The second-order valence-corrected chi connectivity index (χ2v) is 5.25. The molecule has 1 amide bonds. The van der Waals surface area contributed by atoms with Gasteiger partial charge in [0.25, 0.3) is 5.91 Å². The van der Waals surface area contributed by atoms with Gasteiger partial charge in [-0.1, -0.05) is 6.07 Å². The van der Waals surface area contributed by atoms with Crippen LogP contribution in [0.4, 0.5) is 5.82 Å². The van der Waals surface area contributed by atoms with Crippen molar-refractivity contribution in [1.29, 1.82) is 0 Å². The zero-order valence-corrected chi connectivity index (χ0v) is 10.7. The van der Waals surface area contributed by atoms with Gasteiger partial charge in [0, 0.05) is 13.6 Å². The molecule has 0 aromatic carbocycles. The second-order valence-electron chi connectivity index (χ2n) is 4.10. The molecule has 1 aromatic heterocycles. The first-order chi connectivity index (χ1) is 8.29. The van der Waals surface area contributed by atoms with Gasteiger partial charge in [-0.25, -0.2) is 4.98 Å². The van der Waals surface area contributed by atoms with Crippen molar-refractivity contribution < 1.29 is 4.79 Å². The Balaban J connectivity index is 1.89. The van der Waals surface area contributed by atoms with Crippen molar-refractivity contribution in [1.82, 2.24) is 10.3 Å². The minimum Gasteiger partial charge on any atom is -0.373 e. The van der Waals surface area contributed by atoms with Crippen molar-refractivity contribution in [2.24, 2.45) is 5.92 Å². The molecule has 1 saturated heterocycles. The molecule has 2 N–H and O–H groups in total. The van der Waals surface area contributed by atoms with E-state index < -0.39 is 0 Å². The number of anilines is 1. The maximum Gasteiger partial charge on any atom is 0.269 e. The SMILES string of the molecule is CNc1cccc(C(=O)NCC2CCSC2)n1. The lowest BCUT2D eigenvalue weighted by Crippen LogP contribution is -2.29. The van der Waals surface area contributed by atoms with E-state index in [1.54, 1.807) is 13.1 Å². The third-order valence-electron chi connectivity index (χ3n) is 2.81. The minimum absolute atomic E-state index is 0.0843. The van der Waals surface area contributed by atoms with Crippen molar-refractivity contribution >= 4 is 23.5 Å². The highest BCUT2D eigenvalue weighted by Gasteiger charge is 2.16. The second kappa shape index (κ2) is 5.91. The molecule has 1 unspecified atom stereocenters. The number of hydrogen-bond acceptors (Lipinski definition) is 4. The van der Waals surface area contributed by atoms with Crippen LogP contribution >= 0.6 is 11.8 Å². The Kier molecular flexibility index (Phi) is 4.25. The third kappa shape index (κ3) is 3.36. The van der Waals surface area contributed by atoms with E-state index in [2.05, 4.69) is 15.6 Å². The molecule has 0 spiro atoms. The van der Waals surface area contributed by atoms with Gasteiger partial charge in [0.05, 0.1) is 0 Å². The molecule has 0 aliphatic carbocycles. The zero-order chi connectivity index (χ0) is 12.1. The number of aromatic nitrogens is 1. The normalized spacial score (nSPS) is 19.0. The lowest BCUT2D eigenvalue weighted by atomic mass is 10.1. The largest absolute Gasteiger partial charge is 0.373 e. The zero-order valence-electron chi connectivity index (χ0n) is 9.90. The van der Waals surface area contributed by atoms with Gasteiger partial charge in [-0.15, -0.1) is 0 Å². The molecule has 2 rings (SSSR count). The highest BCUT2D eigenvalue weighted by molar-refractivity contribution is 7.99. The number of pyridine rings is 1. The Morgan fingerprint density at radius 3 is 3.18 bits per heavy atom. The Morgan fingerprint density at radius 1 is 1.59 bits per heavy atom. The fourth-order valence-corrected chi connectivity index (χ4v) is 3.06. The first-order valence-corrected chi connectivity index (χ1v) is 6.96. The molecule has 1 atom stereocenters. The van der Waals surface area contributed by atoms with E-state index in [1.165, 1.54) is 12.2 Å². The van der Waals surface area contributed by atoms with E-state index in [9.17, 15) is 4.79 Å². The topological polar surface area (TPSA) is 54.0 Å². The average molecular weight is 251 g/mol. The highest BCUT2D eigenvalue weighted by atomic mass is 32.2. The first kappa shape index (κ1) is 12.2. The Hall–Kier alpha value is -1.23. The summed E-state index contributed by atoms with van der Waals surface area (Å²) in [5, 5.41) is 5.87. The number of nitrogens with one attached hydrogen (secondary N) is 2. The van der Waals surface area contributed by atoms with Crippen LogP contribution < -0.4 is 10.6 Å². The van der Waals surface area contributed by atoms with E-state index in [-0.39, 0.29) is 5.91 Å². The maximum absolute atomic E-state index is 11.9. The molecule has 1 aliphatic heterocycles. The van der Waals surface area contributed by atoms with Crippen molar-refractivity contribution in [3.63, 3.8) is 0 Å². The highest BCUT2D eigenvalue weighted by Crippen LogP contribution is 2.22. The molecule has 0 radical (unpaired) electrons. The average Bonchev–Trinajstić information content (AvgIpc) is 2.89. The Morgan fingerprint density at radius 2 is 2.47 bits per heavy atom. The summed E-state index contributed by atoms with van der Waals surface area (Å²) in [6.45, 7) is 0.761. The number of rotatable bonds is 4. The fraction of sp³-hybridized carbons (Fsp3) is 0.500. The van der Waals surface area contributed by atoms with Crippen LogP contribution in [0.1, 0.15) is 16.9 Å². The Labute approximate surface area is 106 Å². The van der Waals surface area contributed by atoms with Crippen LogP contribution in [0, 0.1) is 5.92 Å². The Bertz CT molecular complexity index is 391. The summed E-state index contributed by atoms with van der Waals surface area (Å²) in [5.74, 6) is 3.63. The molecule has 1 aliphatic rings. The third-order valence-corrected chi connectivity index (χ3v) is 4.04. The van der Waals surface area contributed by atoms with E-state index in [4.69, 9.17) is 0 Å². The van der Waals surface area contributed by atoms with Crippen molar-refractivity contribution in [2.75, 3.05) is 30.4 Å². The number of nitrogens with zero attached hydrogens (tertiary/aromatic N) is 1. The van der Waals surface area contributed by atoms with Gasteiger partial charge in [0.1, 0.15) is 11.5 Å². The van der Waals surface area contributed by atoms with Crippen molar-refractivity contribution in [3.05, 3.63) is 23.9 Å². The molecular formula is C12H17N3OS. The van der Waals surface area contributed by atoms with Crippen LogP contribution in [0.2, 0.25) is 0 Å². The van der Waals surface area contributed by atoms with Crippen LogP contribution in [0.25, 0.3) is 0 Å². The van der Waals surface area contributed by atoms with Crippen LogP contribution in [-0.2, 0) is 0 Å². The molecular weight excluding hydrogens is 234 g/mol. The first-order valence-electron chi connectivity index (χ1n) is 5.80. The van der Waals surface area contributed by atoms with Gasteiger partial charge >= 0.3 is 0 Å². The lowest BCUT2D eigenvalue weighted by molar-refractivity contribution is 0.0943. The van der Waals surface area contributed by atoms with Crippen LogP contribution in [0.3, 0.4) is 0 Å². The van der Waals surface area contributed by atoms with Gasteiger partial charge in [-0.05, 0) is 36.0 Å². The van der Waals surface area contributed by atoms with E-state index in [0.717, 1.165) is 12.3 Å². The van der Waals surface area contributed by atoms with Gasteiger partial charge < -0.3 is 10.6 Å². The van der Waals surface area contributed by atoms with Crippen LogP contribution in [0.5, 0.6) is 0 Å². The summed E-state index contributed by atoms with van der Waals surface area (Å²) < 4.78 is 0. The quantitative estimate of drug-likeness (QED) is 0.853. The molecule has 17 heavy (non-hydrogen) atoms. The van der Waals surface area contributed by atoms with E-state index in [0.29, 0.717) is 17.4 Å². The van der Waals surface area contributed by atoms with Crippen LogP contribution in [0.15, 0.2) is 18.2 Å². The maximum atomic E-state index is 11.9. The number of carbonyl (C=O) groups excluding carboxylic acids is 1. The molecule has 0 bridgehead atoms. The standard InChI is InChI=1S/C12H17N3OS/c1-13-11-4-2-3-10(15-11)12(16)14-7-9-5-6-17-8-9/h2-4,9H,5-8H2,1H3,(H,13,15)(H,14,16). The van der Waals surface area contributed by atoms with Crippen molar-refractivity contribution in [3.8, 4) is 0 Å². The molecule has 1 aromatic rings. The van der Waals surface area contributed by atoms with Crippen LogP contribution in [-0.4, -0.2) is 36.0 Å². The molecule has 2 heterocycles. The van der Waals surface area contributed by atoms with Gasteiger partial charge in [-0.2, -0.15) is 11.8 Å². The summed E-state index contributed by atoms with van der Waals surface area (Å²) in [6, 6.07) is 5.41. The van der Waals surface area contributed by atoms with Crippen molar-refractivity contribution in [2.45, 2.75) is 6.42 Å². The minimum atomic E-state index is -0.0843. The number of thioether (sulfide) groups is 1. The van der Waals surface area contributed by atoms with Gasteiger partial charge in [0.15, 0.2) is 0 Å². The summed E-state index contributed by atoms with van der Waals surface area (Å²) in [6.07, 6.45) is 1.20. The predicted octanol–water partition coefficient (Wildman–Crippen LogP) is 1.61. The fourth-order valence-electron chi connectivity index (χ4n) is 1.77. The molecule has 92 valence electrons. The summed E-state index contributed by atoms with van der Waals surface area (Å²) >= 11 is 1.96. The number of hydrogen-bond donors (Lipinski definition) is 2. The molecule has 5 heteroatoms. The monoisotopic (exact) mass is 251 g/mol. The summed E-state index contributed by atoms with van der Waals surface area (Å²) in [4.78, 5) is 16.1. The van der Waals surface area contributed by atoms with Gasteiger partial charge in [-0.3, -0.25) is 4.79 Å². The molecule has 4 nitrogen and oxygen atoms in total.